The number of nitrogens with zero attached hydrogens (tertiary/aromatic N) is 3. The summed E-state index contributed by atoms with van der Waals surface area (Å²) in [7, 11) is 0. The van der Waals surface area contributed by atoms with Gasteiger partial charge in [-0.3, -0.25) is 4.79 Å². The Morgan fingerprint density at radius 3 is 3.12 bits per heavy atom. The third kappa shape index (κ3) is 3.99. The molecular formula is C17H18N4O2S2. The number of ketones is 1. The Balaban J connectivity index is 1.66. The first-order chi connectivity index (χ1) is 12.0. The molecule has 1 N–H and O–H groups in total. The lowest BCUT2D eigenvalue weighted by Gasteiger charge is -2.16. The summed E-state index contributed by atoms with van der Waals surface area (Å²) >= 11 is 2.80. The van der Waals surface area contributed by atoms with Crippen LogP contribution in [-0.2, 0) is 17.6 Å². The Labute approximate surface area is 154 Å². The van der Waals surface area contributed by atoms with Gasteiger partial charge in [-0.15, -0.1) is 21.5 Å². The van der Waals surface area contributed by atoms with Gasteiger partial charge in [0.1, 0.15) is 5.92 Å². The summed E-state index contributed by atoms with van der Waals surface area (Å²) in [4.78, 5) is 14.3. The molecule has 0 saturated heterocycles. The first-order valence-electron chi connectivity index (χ1n) is 8.03. The normalized spacial score (nSPS) is 17.6. The van der Waals surface area contributed by atoms with Gasteiger partial charge in [-0.2, -0.15) is 5.26 Å². The molecule has 8 heteroatoms. The van der Waals surface area contributed by atoms with Gasteiger partial charge in [-0.25, -0.2) is 0 Å². The molecule has 6 nitrogen and oxygen atoms in total. The number of thioether (sulfide) groups is 1. The second-order valence-electron chi connectivity index (χ2n) is 6.28. The third-order valence-electron chi connectivity index (χ3n) is 4.17. The van der Waals surface area contributed by atoms with Gasteiger partial charge in [-0.05, 0) is 43.7 Å². The van der Waals surface area contributed by atoms with Crippen LogP contribution in [0.25, 0.3) is 10.8 Å². The zero-order valence-electron chi connectivity index (χ0n) is 14.0. The van der Waals surface area contributed by atoms with Gasteiger partial charge in [0, 0.05) is 10.6 Å². The second kappa shape index (κ2) is 7.50. The first kappa shape index (κ1) is 17.8. The number of thiophene rings is 1. The fourth-order valence-electron chi connectivity index (χ4n) is 2.81. The minimum Gasteiger partial charge on any atom is -0.410 e. The van der Waals surface area contributed by atoms with Crippen molar-refractivity contribution in [2.75, 3.05) is 5.75 Å². The Morgan fingerprint density at radius 1 is 1.60 bits per heavy atom. The zero-order chi connectivity index (χ0) is 18.0. The van der Waals surface area contributed by atoms with Gasteiger partial charge in [0.25, 0.3) is 11.1 Å². The van der Waals surface area contributed by atoms with Crippen molar-refractivity contribution >= 4 is 34.6 Å². The molecule has 3 rings (SSSR count). The number of rotatable bonds is 6. The van der Waals surface area contributed by atoms with Crippen LogP contribution < -0.4 is 0 Å². The number of hydrogen-bond acceptors (Lipinski definition) is 8. The maximum Gasteiger partial charge on any atom is 0.277 e. The van der Waals surface area contributed by atoms with Crippen LogP contribution in [0.5, 0.6) is 0 Å². The van der Waals surface area contributed by atoms with E-state index >= 15 is 0 Å². The lowest BCUT2D eigenvalue weighted by atomic mass is 9.90. The molecule has 1 aliphatic rings. The molecule has 0 amide bonds. The van der Waals surface area contributed by atoms with E-state index in [1.54, 1.807) is 11.3 Å². The topological polar surface area (TPSA) is 104 Å². The molecule has 0 fully saturated rings. The van der Waals surface area contributed by atoms with Gasteiger partial charge in [0.2, 0.25) is 0 Å². The van der Waals surface area contributed by atoms with Gasteiger partial charge in [0.15, 0.2) is 5.78 Å². The molecule has 2 heterocycles. The fourth-order valence-corrected chi connectivity index (χ4v) is 4.60. The van der Waals surface area contributed by atoms with Crippen LogP contribution >= 0.6 is 23.1 Å². The fraction of sp³-hybridized carbons (Fsp3) is 0.471. The number of carbonyl (C=O) groups excluding carboxylic acids is 1. The highest BCUT2D eigenvalue weighted by molar-refractivity contribution is 7.99. The molecule has 0 spiro atoms. The summed E-state index contributed by atoms with van der Waals surface area (Å²) in [6, 6.07) is 3.98. The van der Waals surface area contributed by atoms with Gasteiger partial charge in [0.05, 0.1) is 16.7 Å². The number of carbonyl (C=O) groups is 1. The largest absolute Gasteiger partial charge is 0.410 e. The second-order valence-corrected chi connectivity index (χ2v) is 8.34. The number of aryl methyl sites for hydroxylation is 1. The summed E-state index contributed by atoms with van der Waals surface area (Å²) in [6.07, 6.45) is 3.41. The smallest absolute Gasteiger partial charge is 0.277 e. The van der Waals surface area contributed by atoms with Crippen LogP contribution in [0, 0.1) is 28.6 Å². The Hall–Kier alpha value is -1.98. The highest BCUT2D eigenvalue weighted by atomic mass is 32.2. The molecule has 0 aromatic carbocycles. The highest BCUT2D eigenvalue weighted by Gasteiger charge is 2.23. The van der Waals surface area contributed by atoms with E-state index in [0.29, 0.717) is 17.0 Å². The number of nitrogens with one attached hydrogen (secondary N) is 1. The van der Waals surface area contributed by atoms with Crippen molar-refractivity contribution in [2.45, 2.75) is 38.3 Å². The molecule has 25 heavy (non-hydrogen) atoms. The van der Waals surface area contributed by atoms with E-state index in [0.717, 1.165) is 29.5 Å². The Bertz CT molecular complexity index is 849. The Kier molecular flexibility index (Phi) is 5.35. The van der Waals surface area contributed by atoms with Crippen molar-refractivity contribution in [2.24, 2.45) is 11.8 Å². The summed E-state index contributed by atoms with van der Waals surface area (Å²) in [5.41, 5.74) is 1.43. The predicted molar refractivity (Wildman–Crippen MR) is 97.0 cm³/mol. The molecule has 0 saturated carbocycles. The average Bonchev–Trinajstić information content (AvgIpc) is 3.19. The molecule has 130 valence electrons. The lowest BCUT2D eigenvalue weighted by Crippen LogP contribution is -2.21. The Morgan fingerprint density at radius 2 is 2.40 bits per heavy atom. The quantitative estimate of drug-likeness (QED) is 0.610. The maximum absolute atomic E-state index is 12.0. The van der Waals surface area contributed by atoms with E-state index < -0.39 is 5.92 Å². The van der Waals surface area contributed by atoms with Crippen molar-refractivity contribution in [3.63, 3.8) is 0 Å². The zero-order valence-corrected chi connectivity index (χ0v) is 15.7. The molecule has 0 bridgehead atoms. The van der Waals surface area contributed by atoms with E-state index in [9.17, 15) is 4.79 Å². The predicted octanol–water partition coefficient (Wildman–Crippen LogP) is 3.76. The summed E-state index contributed by atoms with van der Waals surface area (Å²) in [5, 5.41) is 24.8. The summed E-state index contributed by atoms with van der Waals surface area (Å²) in [6.45, 7) is 3.73. The minimum atomic E-state index is -0.999. The van der Waals surface area contributed by atoms with Crippen molar-refractivity contribution in [3.8, 4) is 16.8 Å². The van der Waals surface area contributed by atoms with Crippen LogP contribution in [0.2, 0.25) is 0 Å². The third-order valence-corrected chi connectivity index (χ3v) is 6.23. The van der Waals surface area contributed by atoms with E-state index in [1.807, 2.05) is 6.07 Å². The molecule has 2 atom stereocenters. The van der Waals surface area contributed by atoms with E-state index in [4.69, 9.17) is 15.1 Å². The summed E-state index contributed by atoms with van der Waals surface area (Å²) in [5.74, 6) is -0.0995. The molecule has 0 aliphatic heterocycles. The number of Topliss-reactive ketones (excluding diaryl/α,β-unsaturated/α-hetero) is 1. The number of aromatic nitrogens is 2. The van der Waals surface area contributed by atoms with Crippen LogP contribution in [0.3, 0.4) is 0 Å². The van der Waals surface area contributed by atoms with E-state index in [-0.39, 0.29) is 17.2 Å². The van der Waals surface area contributed by atoms with Crippen molar-refractivity contribution in [1.82, 2.24) is 10.2 Å². The van der Waals surface area contributed by atoms with Crippen molar-refractivity contribution < 1.29 is 9.21 Å². The van der Waals surface area contributed by atoms with Gasteiger partial charge >= 0.3 is 0 Å². The molecule has 2 aromatic heterocycles. The first-order valence-corrected chi connectivity index (χ1v) is 9.83. The van der Waals surface area contributed by atoms with Crippen molar-refractivity contribution in [1.29, 1.82) is 10.7 Å². The summed E-state index contributed by atoms with van der Waals surface area (Å²) < 4.78 is 5.66. The minimum absolute atomic E-state index is 0.0362. The van der Waals surface area contributed by atoms with Gasteiger partial charge in [-0.1, -0.05) is 18.7 Å². The number of hydrogen-bond donors (Lipinski definition) is 1. The molecular weight excluding hydrogens is 356 g/mol. The molecule has 0 radical (unpaired) electrons. The SMILES string of the molecule is CC(=N)[C@@H](C#N)C(=O)CSc1nnc(-c2cc3c(s2)CC[C@H](C)C3)o1. The monoisotopic (exact) mass is 374 g/mol. The number of fused-ring (bicyclic) bond motifs is 1. The van der Waals surface area contributed by atoms with E-state index in [2.05, 4.69) is 23.2 Å². The lowest BCUT2D eigenvalue weighted by molar-refractivity contribution is -0.117. The molecule has 0 unspecified atom stereocenters. The highest BCUT2D eigenvalue weighted by Crippen LogP contribution is 2.37. The molecule has 1 aliphatic carbocycles. The van der Waals surface area contributed by atoms with Crippen LogP contribution in [-0.4, -0.2) is 27.4 Å². The average molecular weight is 374 g/mol. The maximum atomic E-state index is 12.0. The van der Waals surface area contributed by atoms with Gasteiger partial charge < -0.3 is 9.83 Å². The molecule has 2 aromatic rings. The van der Waals surface area contributed by atoms with Crippen LogP contribution in [0.15, 0.2) is 15.7 Å². The standard InChI is InChI=1S/C17H18N4O2S2/c1-9-3-4-14-11(5-9)6-15(25-14)16-20-21-17(23-16)24-8-13(22)12(7-18)10(2)19/h6,9,12,19H,3-5,8H2,1-2H3/t9-,12+/m0/s1. The van der Waals surface area contributed by atoms with E-state index in [1.165, 1.54) is 23.8 Å². The van der Waals surface area contributed by atoms with Crippen LogP contribution in [0.4, 0.5) is 0 Å². The number of nitriles is 1. The van der Waals surface area contributed by atoms with Crippen LogP contribution in [0.1, 0.15) is 30.7 Å². The van der Waals surface area contributed by atoms with Crippen molar-refractivity contribution in [3.05, 3.63) is 16.5 Å².